The highest BCUT2D eigenvalue weighted by Crippen LogP contribution is 2.33. The standard InChI is InChI=1S/C25H20N4O2S/c1-16-22-18(15-20(21-12-8-14-32-21)27-24(22)31-28-16)25(30)29(2)23(17-9-4-3-5-10-17)19-11-6-7-13-26-19/h3-15,23H,1-2H3. The Kier molecular flexibility index (Phi) is 5.25. The molecule has 7 heteroatoms. The molecule has 0 aliphatic heterocycles. The monoisotopic (exact) mass is 440 g/mol. The summed E-state index contributed by atoms with van der Waals surface area (Å²) in [4.78, 5) is 25.7. The Morgan fingerprint density at radius 2 is 1.88 bits per heavy atom. The molecular formula is C25H20N4O2S. The smallest absolute Gasteiger partial charge is 0.259 e. The van der Waals surface area contributed by atoms with Gasteiger partial charge in [-0.2, -0.15) is 0 Å². The van der Waals surface area contributed by atoms with Gasteiger partial charge in [0.25, 0.3) is 11.6 Å². The Morgan fingerprint density at radius 3 is 2.59 bits per heavy atom. The van der Waals surface area contributed by atoms with E-state index in [0.717, 1.165) is 16.1 Å². The van der Waals surface area contributed by atoms with Crippen LogP contribution in [0, 0.1) is 6.92 Å². The first-order valence-electron chi connectivity index (χ1n) is 10.2. The Bertz CT molecular complexity index is 1330. The fourth-order valence-corrected chi connectivity index (χ4v) is 4.57. The molecule has 0 N–H and O–H groups in total. The number of hydrogen-bond donors (Lipinski definition) is 0. The molecular weight excluding hydrogens is 420 g/mol. The number of benzene rings is 1. The summed E-state index contributed by atoms with van der Waals surface area (Å²) in [5.41, 5.74) is 3.97. The number of amides is 1. The molecule has 1 unspecified atom stereocenters. The Labute approximate surface area is 189 Å². The van der Waals surface area contributed by atoms with Crippen molar-refractivity contribution in [2.24, 2.45) is 0 Å². The molecule has 32 heavy (non-hydrogen) atoms. The third kappa shape index (κ3) is 3.56. The topological polar surface area (TPSA) is 72.1 Å². The van der Waals surface area contributed by atoms with Gasteiger partial charge in [0.15, 0.2) is 0 Å². The average molecular weight is 441 g/mol. The van der Waals surface area contributed by atoms with E-state index < -0.39 is 0 Å². The SMILES string of the molecule is Cc1noc2nc(-c3cccs3)cc(C(=O)N(C)C(c3ccccc3)c3ccccn3)c12. The molecule has 4 heterocycles. The minimum atomic E-state index is -0.349. The van der Waals surface area contributed by atoms with Crippen LogP contribution in [0.4, 0.5) is 0 Å². The zero-order chi connectivity index (χ0) is 22.1. The van der Waals surface area contributed by atoms with Crippen LogP contribution >= 0.6 is 11.3 Å². The van der Waals surface area contributed by atoms with Gasteiger partial charge < -0.3 is 9.42 Å². The molecule has 0 fully saturated rings. The Morgan fingerprint density at radius 1 is 1.06 bits per heavy atom. The van der Waals surface area contributed by atoms with Gasteiger partial charge in [-0.25, -0.2) is 4.98 Å². The van der Waals surface area contributed by atoms with Gasteiger partial charge in [-0.1, -0.05) is 47.6 Å². The summed E-state index contributed by atoms with van der Waals surface area (Å²) >= 11 is 1.56. The van der Waals surface area contributed by atoms with Crippen molar-refractivity contribution in [1.29, 1.82) is 0 Å². The van der Waals surface area contributed by atoms with Crippen molar-refractivity contribution in [3.05, 3.63) is 101 Å². The number of rotatable bonds is 5. The predicted molar refractivity (Wildman–Crippen MR) is 124 cm³/mol. The van der Waals surface area contributed by atoms with Crippen LogP contribution < -0.4 is 0 Å². The lowest BCUT2D eigenvalue weighted by Crippen LogP contribution is -2.32. The van der Waals surface area contributed by atoms with Crippen molar-refractivity contribution < 1.29 is 9.32 Å². The fraction of sp³-hybridized carbons (Fsp3) is 0.120. The first kappa shape index (κ1) is 20.1. The van der Waals surface area contributed by atoms with Crippen molar-refractivity contribution in [2.75, 3.05) is 7.05 Å². The number of carbonyl (C=O) groups excluding carboxylic acids is 1. The normalized spacial score (nSPS) is 12.1. The van der Waals surface area contributed by atoms with Crippen molar-refractivity contribution >= 4 is 28.3 Å². The molecule has 1 aromatic carbocycles. The van der Waals surface area contributed by atoms with Crippen LogP contribution in [0.5, 0.6) is 0 Å². The average Bonchev–Trinajstić information content (AvgIpc) is 3.50. The van der Waals surface area contributed by atoms with Gasteiger partial charge in [0.1, 0.15) is 0 Å². The van der Waals surface area contributed by atoms with Crippen molar-refractivity contribution in [3.63, 3.8) is 0 Å². The summed E-state index contributed by atoms with van der Waals surface area (Å²) in [6.45, 7) is 1.82. The molecule has 1 atom stereocenters. The number of pyridine rings is 2. The van der Waals surface area contributed by atoms with Crippen LogP contribution in [-0.2, 0) is 0 Å². The van der Waals surface area contributed by atoms with E-state index in [1.165, 1.54) is 0 Å². The maximum atomic E-state index is 13.9. The van der Waals surface area contributed by atoms with Crippen LogP contribution in [0.15, 0.2) is 82.8 Å². The number of aryl methyl sites for hydroxylation is 1. The van der Waals surface area contributed by atoms with E-state index in [2.05, 4.69) is 15.1 Å². The second kappa shape index (κ2) is 8.36. The first-order valence-corrected chi connectivity index (χ1v) is 11.1. The first-order chi connectivity index (χ1) is 15.6. The summed E-state index contributed by atoms with van der Waals surface area (Å²) in [5, 5.41) is 6.68. The lowest BCUT2D eigenvalue weighted by atomic mass is 10.00. The highest BCUT2D eigenvalue weighted by atomic mass is 32.1. The molecule has 0 aliphatic carbocycles. The summed E-state index contributed by atoms with van der Waals surface area (Å²) in [6.07, 6.45) is 1.74. The molecule has 0 bridgehead atoms. The third-order valence-electron chi connectivity index (χ3n) is 5.41. The molecule has 4 aromatic heterocycles. The second-order valence-electron chi connectivity index (χ2n) is 7.46. The lowest BCUT2D eigenvalue weighted by molar-refractivity contribution is 0.0754. The minimum absolute atomic E-state index is 0.152. The van der Waals surface area contributed by atoms with Gasteiger partial charge >= 0.3 is 0 Å². The third-order valence-corrected chi connectivity index (χ3v) is 6.30. The summed E-state index contributed by atoms with van der Waals surface area (Å²) in [7, 11) is 1.80. The highest BCUT2D eigenvalue weighted by molar-refractivity contribution is 7.13. The molecule has 1 amide bonds. The highest BCUT2D eigenvalue weighted by Gasteiger charge is 2.28. The van der Waals surface area contributed by atoms with Crippen LogP contribution in [-0.4, -0.2) is 33.0 Å². The van der Waals surface area contributed by atoms with Gasteiger partial charge in [-0.15, -0.1) is 11.3 Å². The van der Waals surface area contributed by atoms with E-state index in [-0.39, 0.29) is 11.9 Å². The van der Waals surface area contributed by atoms with Gasteiger partial charge in [0, 0.05) is 13.2 Å². The van der Waals surface area contributed by atoms with Crippen LogP contribution in [0.25, 0.3) is 21.7 Å². The van der Waals surface area contributed by atoms with E-state index in [1.54, 1.807) is 29.5 Å². The van der Waals surface area contributed by atoms with E-state index in [0.29, 0.717) is 28.1 Å². The number of aromatic nitrogens is 3. The number of hydrogen-bond acceptors (Lipinski definition) is 6. The van der Waals surface area contributed by atoms with Gasteiger partial charge in [0.05, 0.1) is 39.0 Å². The predicted octanol–water partition coefficient (Wildman–Crippen LogP) is 5.52. The van der Waals surface area contributed by atoms with Crippen LogP contribution in [0.2, 0.25) is 0 Å². The van der Waals surface area contributed by atoms with Gasteiger partial charge in [0.2, 0.25) is 0 Å². The number of thiophene rings is 1. The maximum absolute atomic E-state index is 13.9. The molecule has 0 saturated carbocycles. The summed E-state index contributed by atoms with van der Waals surface area (Å²) < 4.78 is 5.45. The lowest BCUT2D eigenvalue weighted by Gasteiger charge is -2.28. The molecule has 0 saturated heterocycles. The number of fused-ring (bicyclic) bond motifs is 1. The van der Waals surface area contributed by atoms with Crippen molar-refractivity contribution in [2.45, 2.75) is 13.0 Å². The fourth-order valence-electron chi connectivity index (χ4n) is 3.89. The van der Waals surface area contributed by atoms with Gasteiger partial charge in [-0.05, 0) is 42.1 Å². The van der Waals surface area contributed by atoms with E-state index in [9.17, 15) is 4.79 Å². The van der Waals surface area contributed by atoms with E-state index in [4.69, 9.17) is 4.52 Å². The van der Waals surface area contributed by atoms with Crippen molar-refractivity contribution in [3.8, 4) is 10.6 Å². The van der Waals surface area contributed by atoms with E-state index in [1.807, 2.05) is 79.0 Å². The Balaban J connectivity index is 1.64. The Hall–Kier alpha value is -3.84. The molecule has 158 valence electrons. The largest absolute Gasteiger partial charge is 0.335 e. The maximum Gasteiger partial charge on any atom is 0.259 e. The zero-order valence-electron chi connectivity index (χ0n) is 17.6. The molecule has 5 rings (SSSR count). The molecule has 0 radical (unpaired) electrons. The minimum Gasteiger partial charge on any atom is -0.335 e. The molecule has 0 spiro atoms. The quantitative estimate of drug-likeness (QED) is 0.360. The van der Waals surface area contributed by atoms with Crippen LogP contribution in [0.3, 0.4) is 0 Å². The molecule has 6 nitrogen and oxygen atoms in total. The summed E-state index contributed by atoms with van der Waals surface area (Å²) in [5.74, 6) is -0.152. The summed E-state index contributed by atoms with van der Waals surface area (Å²) in [6, 6.07) is 21.1. The number of carbonyl (C=O) groups is 1. The van der Waals surface area contributed by atoms with E-state index >= 15 is 0 Å². The number of nitrogens with zero attached hydrogens (tertiary/aromatic N) is 4. The zero-order valence-corrected chi connectivity index (χ0v) is 18.4. The molecule has 0 aliphatic rings. The van der Waals surface area contributed by atoms with Crippen LogP contribution in [0.1, 0.15) is 33.4 Å². The second-order valence-corrected chi connectivity index (χ2v) is 8.41. The molecule has 5 aromatic rings. The van der Waals surface area contributed by atoms with Gasteiger partial charge in [-0.3, -0.25) is 9.78 Å². The van der Waals surface area contributed by atoms with Crippen molar-refractivity contribution in [1.82, 2.24) is 20.0 Å².